The van der Waals surface area contributed by atoms with Gasteiger partial charge in [-0.05, 0) is 92.0 Å². The second kappa shape index (κ2) is 10.4. The molecule has 1 N–H and O–H groups in total. The molecule has 0 fully saturated rings. The van der Waals surface area contributed by atoms with Gasteiger partial charge in [-0.25, -0.2) is 4.39 Å². The molecule has 1 atom stereocenters. The van der Waals surface area contributed by atoms with Gasteiger partial charge >= 0.3 is 5.97 Å². The average Bonchev–Trinajstić information content (AvgIpc) is 2.82. The fourth-order valence-corrected chi connectivity index (χ4v) is 5.36. The maximum absolute atomic E-state index is 13.2. The first-order chi connectivity index (χ1) is 16.7. The molecule has 0 radical (unpaired) electrons. The quantitative estimate of drug-likeness (QED) is 0.471. The van der Waals surface area contributed by atoms with Crippen LogP contribution in [0.4, 0.5) is 4.39 Å². The third-order valence-corrected chi connectivity index (χ3v) is 7.35. The number of nitrogens with zero attached hydrogens (tertiary/aromatic N) is 1. The summed E-state index contributed by atoms with van der Waals surface area (Å²) < 4.78 is 25.6. The van der Waals surface area contributed by atoms with Crippen LogP contribution in [-0.2, 0) is 11.2 Å². The summed E-state index contributed by atoms with van der Waals surface area (Å²) in [7, 11) is 1.70. The van der Waals surface area contributed by atoms with Crippen LogP contribution in [0.2, 0.25) is 0 Å². The Labute approximate surface area is 207 Å². The number of ether oxygens (including phenoxy) is 2. The second-order valence-corrected chi connectivity index (χ2v) is 10.3. The Bertz CT molecular complexity index is 1110. The molecule has 0 saturated heterocycles. The minimum atomic E-state index is -0.770. The lowest BCUT2D eigenvalue weighted by molar-refractivity contribution is -0.137. The zero-order valence-electron chi connectivity index (χ0n) is 21.2. The summed E-state index contributed by atoms with van der Waals surface area (Å²) in [6.45, 7) is 8.52. The molecule has 0 bridgehead atoms. The number of carbonyl (C=O) groups is 1. The molecule has 0 aromatic heterocycles. The summed E-state index contributed by atoms with van der Waals surface area (Å²) in [6.07, 6.45) is 3.91. The van der Waals surface area contributed by atoms with Crippen molar-refractivity contribution in [2.75, 3.05) is 26.7 Å². The first-order valence-corrected chi connectivity index (χ1v) is 12.5. The Morgan fingerprint density at radius 1 is 1.26 bits per heavy atom. The molecule has 2 aliphatic rings. The normalized spacial score (nSPS) is 17.9. The minimum Gasteiger partial charge on any atom is -0.496 e. The topological polar surface area (TPSA) is 59.0 Å². The first kappa shape index (κ1) is 25.2. The van der Waals surface area contributed by atoms with Crippen molar-refractivity contribution < 1.29 is 23.8 Å². The molecule has 1 unspecified atom stereocenters. The van der Waals surface area contributed by atoms with Crippen LogP contribution in [0, 0.1) is 5.82 Å². The maximum atomic E-state index is 13.2. The van der Waals surface area contributed by atoms with Crippen LogP contribution in [0.5, 0.6) is 11.5 Å². The number of hydrogen-bond acceptors (Lipinski definition) is 4. The van der Waals surface area contributed by atoms with E-state index in [1.807, 2.05) is 12.1 Å². The van der Waals surface area contributed by atoms with E-state index in [0.29, 0.717) is 19.0 Å². The van der Waals surface area contributed by atoms with Crippen molar-refractivity contribution in [3.05, 3.63) is 64.5 Å². The van der Waals surface area contributed by atoms with Gasteiger partial charge in [0, 0.05) is 19.6 Å². The molecule has 0 spiro atoms. The lowest BCUT2D eigenvalue weighted by Crippen LogP contribution is -2.42. The molecular formula is C29H36FNO4. The van der Waals surface area contributed by atoms with Gasteiger partial charge in [0.15, 0.2) is 0 Å². The number of hydrogen-bond donors (Lipinski definition) is 1. The van der Waals surface area contributed by atoms with Crippen molar-refractivity contribution in [2.24, 2.45) is 0 Å². The molecule has 4 rings (SSSR count). The van der Waals surface area contributed by atoms with Crippen LogP contribution >= 0.6 is 0 Å². The zero-order valence-corrected chi connectivity index (χ0v) is 21.2. The number of rotatable bonds is 9. The van der Waals surface area contributed by atoms with E-state index in [9.17, 15) is 9.18 Å². The smallest absolute Gasteiger partial charge is 0.304 e. The highest BCUT2D eigenvalue weighted by Crippen LogP contribution is 2.49. The largest absolute Gasteiger partial charge is 0.496 e. The van der Waals surface area contributed by atoms with Crippen LogP contribution in [0.25, 0.3) is 5.57 Å². The van der Waals surface area contributed by atoms with Crippen LogP contribution in [0.3, 0.4) is 0 Å². The van der Waals surface area contributed by atoms with Crippen LogP contribution in [0.15, 0.2) is 42.0 Å². The molecule has 5 nitrogen and oxygen atoms in total. The monoisotopic (exact) mass is 481 g/mol. The molecule has 2 heterocycles. The second-order valence-electron chi connectivity index (χ2n) is 10.3. The number of fused-ring (bicyclic) bond motifs is 2. The zero-order chi connectivity index (χ0) is 25.2. The van der Waals surface area contributed by atoms with Crippen molar-refractivity contribution >= 4 is 11.5 Å². The number of carboxylic acid groups (broad SMARTS) is 1. The summed E-state index contributed by atoms with van der Waals surface area (Å²) in [4.78, 5) is 13.3. The van der Waals surface area contributed by atoms with E-state index in [1.165, 1.54) is 28.8 Å². The molecule has 0 aliphatic carbocycles. The van der Waals surface area contributed by atoms with Crippen molar-refractivity contribution in [3.8, 4) is 11.5 Å². The van der Waals surface area contributed by atoms with E-state index in [4.69, 9.17) is 14.6 Å². The molecular weight excluding hydrogens is 445 g/mol. The Hall–Kier alpha value is -2.86. The van der Waals surface area contributed by atoms with Gasteiger partial charge in [0.25, 0.3) is 0 Å². The molecule has 0 saturated carbocycles. The van der Waals surface area contributed by atoms with Crippen LogP contribution in [0.1, 0.15) is 69.1 Å². The molecule has 2 aliphatic heterocycles. The number of aliphatic carboxylic acids is 1. The Morgan fingerprint density at radius 3 is 2.69 bits per heavy atom. The highest BCUT2D eigenvalue weighted by molar-refractivity contribution is 5.82. The number of carboxylic acids is 1. The van der Waals surface area contributed by atoms with E-state index in [2.05, 4.69) is 37.8 Å². The first-order valence-electron chi connectivity index (χ1n) is 12.5. The number of halogens is 1. The van der Waals surface area contributed by atoms with Crippen LogP contribution in [-0.4, -0.2) is 48.3 Å². The summed E-state index contributed by atoms with van der Waals surface area (Å²) in [5.74, 6) is 0.996. The van der Waals surface area contributed by atoms with Gasteiger partial charge in [-0.15, -0.1) is 0 Å². The van der Waals surface area contributed by atoms with E-state index < -0.39 is 11.6 Å². The highest BCUT2D eigenvalue weighted by Gasteiger charge is 2.39. The predicted molar refractivity (Wildman–Crippen MR) is 136 cm³/mol. The molecule has 188 valence electrons. The van der Waals surface area contributed by atoms with Crippen molar-refractivity contribution in [3.63, 3.8) is 0 Å². The van der Waals surface area contributed by atoms with Gasteiger partial charge in [-0.1, -0.05) is 19.1 Å². The lowest BCUT2D eigenvalue weighted by Gasteiger charge is -2.42. The third-order valence-electron chi connectivity index (χ3n) is 7.35. The van der Waals surface area contributed by atoms with E-state index in [-0.39, 0.29) is 12.2 Å². The Kier molecular flexibility index (Phi) is 7.50. The van der Waals surface area contributed by atoms with E-state index in [1.54, 1.807) is 7.11 Å². The highest BCUT2D eigenvalue weighted by atomic mass is 19.1. The third kappa shape index (κ3) is 5.69. The van der Waals surface area contributed by atoms with E-state index in [0.717, 1.165) is 54.9 Å². The fourth-order valence-electron chi connectivity index (χ4n) is 5.36. The average molecular weight is 482 g/mol. The van der Waals surface area contributed by atoms with Crippen molar-refractivity contribution in [2.45, 2.75) is 64.4 Å². The molecule has 0 amide bonds. The van der Waals surface area contributed by atoms with Gasteiger partial charge in [0.1, 0.15) is 22.9 Å². The van der Waals surface area contributed by atoms with Crippen LogP contribution < -0.4 is 9.47 Å². The van der Waals surface area contributed by atoms with E-state index >= 15 is 0 Å². The number of benzene rings is 2. The van der Waals surface area contributed by atoms with Gasteiger partial charge in [-0.2, -0.15) is 0 Å². The summed E-state index contributed by atoms with van der Waals surface area (Å²) in [5.41, 5.74) is 5.39. The number of methoxy groups -OCH3 is 1. The lowest BCUT2D eigenvalue weighted by atomic mass is 9.80. The molecule has 2 aromatic rings. The van der Waals surface area contributed by atoms with Crippen molar-refractivity contribution in [1.29, 1.82) is 0 Å². The SMILES string of the molecule is COc1cc(C(C)CCCc2ccc(F)cc2)cc2c1C1=C(CCN(CCC(=O)O)C1)C(C)(C)O2. The molecule has 2 aromatic carbocycles. The van der Waals surface area contributed by atoms with Gasteiger partial charge in [-0.3, -0.25) is 9.69 Å². The molecule has 35 heavy (non-hydrogen) atoms. The summed E-state index contributed by atoms with van der Waals surface area (Å²) in [5, 5.41) is 9.13. The summed E-state index contributed by atoms with van der Waals surface area (Å²) in [6, 6.07) is 11.0. The van der Waals surface area contributed by atoms with Gasteiger partial charge < -0.3 is 14.6 Å². The molecule has 6 heteroatoms. The van der Waals surface area contributed by atoms with Crippen molar-refractivity contribution in [1.82, 2.24) is 4.90 Å². The maximum Gasteiger partial charge on any atom is 0.304 e. The standard InChI is InChI=1S/C29H36FNO4/c1-19(6-5-7-20-8-10-22(30)11-9-20)21-16-25(34-4)28-23-18-31(15-13-27(32)33)14-12-24(23)29(2,3)35-26(28)17-21/h8-11,16-17,19H,5-7,12-15,18H2,1-4H3,(H,32,33). The Morgan fingerprint density at radius 2 is 2.00 bits per heavy atom. The minimum absolute atomic E-state index is 0.140. The van der Waals surface area contributed by atoms with Gasteiger partial charge in [0.2, 0.25) is 0 Å². The fraction of sp³-hybridized carbons (Fsp3) is 0.483. The summed E-state index contributed by atoms with van der Waals surface area (Å²) >= 11 is 0. The predicted octanol–water partition coefficient (Wildman–Crippen LogP) is 6.07. The Balaban J connectivity index is 1.55. The van der Waals surface area contributed by atoms with Gasteiger partial charge in [0.05, 0.1) is 19.1 Å². The number of aryl methyl sites for hydroxylation is 1.